The molecule has 10 heteroatoms. The van der Waals surface area contributed by atoms with E-state index in [2.05, 4.69) is 51.5 Å². The smallest absolute Gasteiger partial charge is 0.255 e. The molecule has 0 unspecified atom stereocenters. The van der Waals surface area contributed by atoms with E-state index in [-0.39, 0.29) is 24.8 Å². The highest BCUT2D eigenvalue weighted by Gasteiger charge is 2.40. The minimum absolute atomic E-state index is 0.216. The number of piperidine rings is 1. The number of piperazine rings is 1. The third-order valence-corrected chi connectivity index (χ3v) is 8.84. The van der Waals surface area contributed by atoms with E-state index in [0.29, 0.717) is 42.7 Å². The summed E-state index contributed by atoms with van der Waals surface area (Å²) in [5.74, 6) is -0.328. The predicted octanol–water partition coefficient (Wildman–Crippen LogP) is 3.35. The number of anilines is 1. The molecule has 2 saturated heterocycles. The summed E-state index contributed by atoms with van der Waals surface area (Å²) in [7, 11) is 0. The van der Waals surface area contributed by atoms with Crippen molar-refractivity contribution in [3.05, 3.63) is 94.0 Å². The normalized spacial score (nSPS) is 18.4. The first-order valence-electron chi connectivity index (χ1n) is 15.3. The molecule has 45 heavy (non-hydrogen) atoms. The third kappa shape index (κ3) is 6.59. The number of hydrogen-bond donors (Lipinski definition) is 1. The van der Waals surface area contributed by atoms with E-state index in [9.17, 15) is 24.4 Å². The quantitative estimate of drug-likeness (QED) is 0.276. The van der Waals surface area contributed by atoms with Crippen molar-refractivity contribution in [2.24, 2.45) is 0 Å². The van der Waals surface area contributed by atoms with Crippen molar-refractivity contribution in [1.29, 1.82) is 5.26 Å². The number of amides is 3. The van der Waals surface area contributed by atoms with Crippen LogP contribution in [0.5, 0.6) is 5.75 Å². The molecule has 0 aliphatic carbocycles. The Morgan fingerprint density at radius 2 is 1.76 bits per heavy atom. The maximum atomic E-state index is 13.1. The van der Waals surface area contributed by atoms with Gasteiger partial charge in [-0.3, -0.25) is 24.6 Å². The van der Waals surface area contributed by atoms with Gasteiger partial charge in [-0.2, -0.15) is 5.26 Å². The molecule has 0 spiro atoms. The number of carbonyl (C=O) groups is 4. The second-order valence-electron chi connectivity index (χ2n) is 11.7. The van der Waals surface area contributed by atoms with Gasteiger partial charge in [0, 0.05) is 62.4 Å². The number of aldehydes is 1. The van der Waals surface area contributed by atoms with E-state index in [1.807, 2.05) is 18.2 Å². The average molecular weight is 606 g/mol. The van der Waals surface area contributed by atoms with E-state index in [0.717, 1.165) is 61.4 Å². The van der Waals surface area contributed by atoms with Gasteiger partial charge in [-0.05, 0) is 59.9 Å². The number of ether oxygens (including phenoxy) is 1. The summed E-state index contributed by atoms with van der Waals surface area (Å²) in [6, 6.07) is 21.2. The summed E-state index contributed by atoms with van der Waals surface area (Å²) in [5, 5.41) is 11.7. The molecule has 3 heterocycles. The van der Waals surface area contributed by atoms with Gasteiger partial charge < -0.3 is 19.3 Å². The van der Waals surface area contributed by atoms with Gasteiger partial charge in [0.25, 0.3) is 5.91 Å². The van der Waals surface area contributed by atoms with Gasteiger partial charge >= 0.3 is 0 Å². The highest BCUT2D eigenvalue weighted by atomic mass is 16.5. The van der Waals surface area contributed by atoms with E-state index >= 15 is 0 Å². The van der Waals surface area contributed by atoms with Gasteiger partial charge in [-0.25, -0.2) is 0 Å². The Kier molecular flexibility index (Phi) is 8.89. The molecule has 3 aliphatic heterocycles. The van der Waals surface area contributed by atoms with Crippen LogP contribution in [0.4, 0.5) is 5.69 Å². The number of fused-ring (bicyclic) bond motifs is 1. The van der Waals surface area contributed by atoms with E-state index in [1.54, 1.807) is 12.1 Å². The van der Waals surface area contributed by atoms with Gasteiger partial charge in [0.15, 0.2) is 0 Å². The van der Waals surface area contributed by atoms with Gasteiger partial charge in [-0.15, -0.1) is 0 Å². The van der Waals surface area contributed by atoms with Crippen molar-refractivity contribution in [2.75, 3.05) is 31.1 Å². The molecule has 2 fully saturated rings. The molecular weight excluding hydrogens is 570 g/mol. The SMILES string of the molecule is N#Cc1ccc(N2CCN(Cc3ccc(COc4cccc5c4CN([C@H]4CCC(=O)NC4=O)C5=O)cc3)CC2)cc1CCC=O. The lowest BCUT2D eigenvalue weighted by atomic mass is 10.0. The maximum absolute atomic E-state index is 13.1. The maximum Gasteiger partial charge on any atom is 0.255 e. The van der Waals surface area contributed by atoms with Crippen LogP contribution in [0.1, 0.15) is 57.4 Å². The Hall–Kier alpha value is -5.01. The van der Waals surface area contributed by atoms with Gasteiger partial charge in [0.2, 0.25) is 11.8 Å². The number of aryl methyl sites for hydroxylation is 1. The summed E-state index contributed by atoms with van der Waals surface area (Å²) in [4.78, 5) is 54.2. The van der Waals surface area contributed by atoms with Crippen molar-refractivity contribution in [3.63, 3.8) is 0 Å². The highest BCUT2D eigenvalue weighted by Crippen LogP contribution is 2.34. The third-order valence-electron chi connectivity index (χ3n) is 8.84. The topological polar surface area (TPSA) is 123 Å². The molecule has 1 atom stereocenters. The lowest BCUT2D eigenvalue weighted by Crippen LogP contribution is -2.52. The Morgan fingerprint density at radius 3 is 2.49 bits per heavy atom. The molecule has 1 N–H and O–H groups in total. The van der Waals surface area contributed by atoms with Crippen LogP contribution in [-0.2, 0) is 40.5 Å². The molecular formula is C35H35N5O5. The first-order chi connectivity index (χ1) is 21.9. The zero-order valence-corrected chi connectivity index (χ0v) is 25.0. The number of nitrogens with zero attached hydrogens (tertiary/aromatic N) is 4. The molecule has 0 aromatic heterocycles. The molecule has 230 valence electrons. The molecule has 3 aromatic carbocycles. The number of rotatable bonds is 10. The average Bonchev–Trinajstić information content (AvgIpc) is 3.40. The van der Waals surface area contributed by atoms with Gasteiger partial charge in [0.1, 0.15) is 24.7 Å². The number of benzene rings is 3. The van der Waals surface area contributed by atoms with Crippen molar-refractivity contribution >= 4 is 29.7 Å². The molecule has 3 aromatic rings. The van der Waals surface area contributed by atoms with Crippen LogP contribution in [0.2, 0.25) is 0 Å². The number of carbonyl (C=O) groups excluding carboxylic acids is 4. The second-order valence-corrected chi connectivity index (χ2v) is 11.7. The van der Waals surface area contributed by atoms with E-state index in [4.69, 9.17) is 4.74 Å². The van der Waals surface area contributed by atoms with Crippen molar-refractivity contribution < 1.29 is 23.9 Å². The Balaban J connectivity index is 1.01. The van der Waals surface area contributed by atoms with Crippen LogP contribution in [0, 0.1) is 11.3 Å². The number of imide groups is 1. The van der Waals surface area contributed by atoms with Gasteiger partial charge in [-0.1, -0.05) is 30.3 Å². The first kappa shape index (κ1) is 30.0. The minimum atomic E-state index is -0.658. The lowest BCUT2D eigenvalue weighted by Gasteiger charge is -2.36. The zero-order valence-electron chi connectivity index (χ0n) is 25.0. The number of nitriles is 1. The summed E-state index contributed by atoms with van der Waals surface area (Å²) in [6.07, 6.45) is 2.43. The summed E-state index contributed by atoms with van der Waals surface area (Å²) < 4.78 is 6.17. The predicted molar refractivity (Wildman–Crippen MR) is 166 cm³/mol. The molecule has 3 amide bonds. The van der Waals surface area contributed by atoms with Crippen LogP contribution in [0.15, 0.2) is 60.7 Å². The molecule has 0 saturated carbocycles. The molecule has 10 nitrogen and oxygen atoms in total. The monoisotopic (exact) mass is 605 g/mol. The summed E-state index contributed by atoms with van der Waals surface area (Å²) >= 11 is 0. The number of nitrogens with one attached hydrogen (secondary N) is 1. The fraction of sp³-hybridized carbons (Fsp3) is 0.343. The number of hydrogen-bond acceptors (Lipinski definition) is 8. The minimum Gasteiger partial charge on any atom is -0.489 e. The fourth-order valence-electron chi connectivity index (χ4n) is 6.32. The summed E-state index contributed by atoms with van der Waals surface area (Å²) in [5.41, 5.74) is 6.18. The second kappa shape index (κ2) is 13.3. The first-order valence-corrected chi connectivity index (χ1v) is 15.3. The lowest BCUT2D eigenvalue weighted by molar-refractivity contribution is -0.136. The molecule has 0 radical (unpaired) electrons. The van der Waals surface area contributed by atoms with E-state index < -0.39 is 11.9 Å². The summed E-state index contributed by atoms with van der Waals surface area (Å²) in [6.45, 7) is 5.07. The molecule has 3 aliphatic rings. The highest BCUT2D eigenvalue weighted by molar-refractivity contribution is 6.05. The van der Waals surface area contributed by atoms with Crippen molar-refractivity contribution in [2.45, 2.75) is 51.4 Å². The van der Waals surface area contributed by atoms with E-state index in [1.165, 1.54) is 10.5 Å². The largest absolute Gasteiger partial charge is 0.489 e. The van der Waals surface area contributed by atoms with Crippen LogP contribution in [0.25, 0.3) is 0 Å². The Bertz CT molecular complexity index is 1660. The van der Waals surface area contributed by atoms with Crippen LogP contribution in [-0.4, -0.2) is 66.0 Å². The zero-order chi connectivity index (χ0) is 31.3. The Labute approximate surface area is 262 Å². The Morgan fingerprint density at radius 1 is 0.978 bits per heavy atom. The van der Waals surface area contributed by atoms with Crippen LogP contribution >= 0.6 is 0 Å². The standard InChI is InChI=1S/C35H35N5O5/c36-20-27-10-11-28(19-26(27)3-2-18-41)39-16-14-38(15-17-39)21-24-6-8-25(9-7-24)23-45-32-5-1-4-29-30(32)22-40(35(29)44)31-12-13-33(42)37-34(31)43/h1,4-11,18-19,31H,2-3,12-17,21-23H2,(H,37,42,43)/t31-/m0/s1. The van der Waals surface area contributed by atoms with Crippen molar-refractivity contribution in [1.82, 2.24) is 15.1 Å². The fourth-order valence-corrected chi connectivity index (χ4v) is 6.32. The van der Waals surface area contributed by atoms with Gasteiger partial charge in [0.05, 0.1) is 18.2 Å². The van der Waals surface area contributed by atoms with Crippen molar-refractivity contribution in [3.8, 4) is 11.8 Å². The molecule has 6 rings (SSSR count). The van der Waals surface area contributed by atoms with Crippen LogP contribution in [0.3, 0.4) is 0 Å². The molecule has 0 bridgehead atoms. The van der Waals surface area contributed by atoms with Crippen LogP contribution < -0.4 is 15.0 Å².